The van der Waals surface area contributed by atoms with E-state index in [1.807, 2.05) is 35.0 Å². The van der Waals surface area contributed by atoms with E-state index in [0.29, 0.717) is 19.4 Å². The molecule has 1 aliphatic rings. The van der Waals surface area contributed by atoms with Crippen LogP contribution >= 0.6 is 11.8 Å². The molecule has 1 fully saturated rings. The number of rotatable bonds is 4. The number of carbonyl (C=O) groups excluding carboxylic acids is 1. The van der Waals surface area contributed by atoms with Gasteiger partial charge in [-0.05, 0) is 36.0 Å². The predicted molar refractivity (Wildman–Crippen MR) is 86.9 cm³/mol. The number of carbonyl (C=O) groups is 1. The Hall–Kier alpha value is -1.79. The Kier molecular flexibility index (Phi) is 4.49. The van der Waals surface area contributed by atoms with Crippen molar-refractivity contribution in [3.05, 3.63) is 48.5 Å². The Balaban J connectivity index is 1.70. The number of amides is 1. The monoisotopic (exact) mass is 317 g/mol. The van der Waals surface area contributed by atoms with Crippen LogP contribution < -0.4 is 5.32 Å². The Labute approximate surface area is 133 Å². The standard InChI is InChI=1S/C16H19N3O2S/c20-15(16(21)5-9-22-10-6-16)18-11-13-3-1-2-4-14(13)19-8-7-17-12-19/h1-4,7-8,12,21H,5-6,9-11H2,(H,18,20). The van der Waals surface area contributed by atoms with Gasteiger partial charge in [0.1, 0.15) is 5.60 Å². The van der Waals surface area contributed by atoms with Crippen LogP contribution in [0, 0.1) is 0 Å². The van der Waals surface area contributed by atoms with Crippen LogP contribution in [0.2, 0.25) is 0 Å². The van der Waals surface area contributed by atoms with Gasteiger partial charge in [0, 0.05) is 18.9 Å². The molecule has 116 valence electrons. The van der Waals surface area contributed by atoms with E-state index in [1.54, 1.807) is 24.3 Å². The summed E-state index contributed by atoms with van der Waals surface area (Å²) in [5.74, 6) is 1.39. The van der Waals surface area contributed by atoms with Gasteiger partial charge in [0.25, 0.3) is 5.91 Å². The van der Waals surface area contributed by atoms with Gasteiger partial charge in [0.05, 0.1) is 12.0 Å². The molecule has 1 saturated heterocycles. The number of aromatic nitrogens is 2. The molecule has 6 heteroatoms. The molecule has 0 bridgehead atoms. The van der Waals surface area contributed by atoms with Gasteiger partial charge >= 0.3 is 0 Å². The zero-order chi connectivity index (χ0) is 15.4. The molecule has 0 unspecified atom stereocenters. The van der Waals surface area contributed by atoms with Crippen LogP contribution in [0.25, 0.3) is 5.69 Å². The highest BCUT2D eigenvalue weighted by molar-refractivity contribution is 7.99. The van der Waals surface area contributed by atoms with Crippen LogP contribution in [0.3, 0.4) is 0 Å². The van der Waals surface area contributed by atoms with Gasteiger partial charge < -0.3 is 15.0 Å². The fourth-order valence-corrected chi connectivity index (χ4v) is 3.76. The molecule has 1 amide bonds. The third-order valence-corrected chi connectivity index (χ3v) is 4.94. The molecule has 0 saturated carbocycles. The first-order valence-electron chi connectivity index (χ1n) is 7.34. The summed E-state index contributed by atoms with van der Waals surface area (Å²) < 4.78 is 1.91. The van der Waals surface area contributed by atoms with Gasteiger partial charge in [0.15, 0.2) is 0 Å². The summed E-state index contributed by atoms with van der Waals surface area (Å²) in [6.45, 7) is 0.392. The summed E-state index contributed by atoms with van der Waals surface area (Å²) in [4.78, 5) is 16.4. The minimum absolute atomic E-state index is 0.270. The van der Waals surface area contributed by atoms with Crippen molar-refractivity contribution in [1.29, 1.82) is 0 Å². The van der Waals surface area contributed by atoms with Crippen molar-refractivity contribution < 1.29 is 9.90 Å². The van der Waals surface area contributed by atoms with Crippen LogP contribution in [0.5, 0.6) is 0 Å². The number of aliphatic hydroxyl groups is 1. The number of hydrogen-bond donors (Lipinski definition) is 2. The van der Waals surface area contributed by atoms with Crippen molar-refractivity contribution in [2.45, 2.75) is 25.0 Å². The first kappa shape index (κ1) is 15.1. The number of nitrogens with zero attached hydrogens (tertiary/aromatic N) is 2. The van der Waals surface area contributed by atoms with E-state index in [-0.39, 0.29) is 5.91 Å². The minimum atomic E-state index is -1.21. The van der Waals surface area contributed by atoms with Gasteiger partial charge in [-0.3, -0.25) is 4.79 Å². The molecule has 1 aromatic carbocycles. The summed E-state index contributed by atoms with van der Waals surface area (Å²) in [5, 5.41) is 13.3. The quantitative estimate of drug-likeness (QED) is 0.901. The van der Waals surface area contributed by atoms with Gasteiger partial charge in [-0.25, -0.2) is 4.98 Å². The Morgan fingerprint density at radius 2 is 2.14 bits per heavy atom. The second kappa shape index (κ2) is 6.54. The average Bonchev–Trinajstić information content (AvgIpc) is 3.08. The summed E-state index contributed by atoms with van der Waals surface area (Å²) in [6, 6.07) is 7.84. The highest BCUT2D eigenvalue weighted by Crippen LogP contribution is 2.27. The molecule has 0 aliphatic carbocycles. The van der Waals surface area contributed by atoms with Crippen molar-refractivity contribution >= 4 is 17.7 Å². The van der Waals surface area contributed by atoms with E-state index >= 15 is 0 Å². The summed E-state index contributed by atoms with van der Waals surface area (Å²) in [7, 11) is 0. The van der Waals surface area contributed by atoms with Crippen LogP contribution in [-0.2, 0) is 11.3 Å². The van der Waals surface area contributed by atoms with Crippen LogP contribution in [-0.4, -0.2) is 37.7 Å². The number of imidazole rings is 1. The van der Waals surface area contributed by atoms with Crippen molar-refractivity contribution in [2.75, 3.05) is 11.5 Å². The molecular weight excluding hydrogens is 298 g/mol. The van der Waals surface area contributed by atoms with Crippen LogP contribution in [0.1, 0.15) is 18.4 Å². The lowest BCUT2D eigenvalue weighted by Crippen LogP contribution is -2.48. The fraction of sp³-hybridized carbons (Fsp3) is 0.375. The van der Waals surface area contributed by atoms with Gasteiger partial charge in [-0.2, -0.15) is 11.8 Å². The van der Waals surface area contributed by atoms with Gasteiger partial charge in [-0.15, -0.1) is 0 Å². The second-order valence-electron chi connectivity index (χ2n) is 5.43. The third-order valence-electron chi connectivity index (χ3n) is 3.96. The summed E-state index contributed by atoms with van der Waals surface area (Å²) in [5.41, 5.74) is 0.754. The van der Waals surface area contributed by atoms with Crippen LogP contribution in [0.4, 0.5) is 0 Å². The highest BCUT2D eigenvalue weighted by Gasteiger charge is 2.37. The van der Waals surface area contributed by atoms with E-state index in [1.165, 1.54) is 0 Å². The maximum absolute atomic E-state index is 12.3. The third kappa shape index (κ3) is 3.18. The predicted octanol–water partition coefficient (Wildman–Crippen LogP) is 1.75. The number of benzene rings is 1. The molecule has 3 rings (SSSR count). The molecule has 0 atom stereocenters. The van der Waals surface area contributed by atoms with E-state index in [2.05, 4.69) is 10.3 Å². The largest absolute Gasteiger partial charge is 0.380 e. The van der Waals surface area contributed by atoms with Crippen molar-refractivity contribution in [1.82, 2.24) is 14.9 Å². The van der Waals surface area contributed by atoms with E-state index in [9.17, 15) is 9.90 Å². The SMILES string of the molecule is O=C(NCc1ccccc1-n1ccnc1)C1(O)CCSCC1. The number of para-hydroxylation sites is 1. The molecule has 0 spiro atoms. The smallest absolute Gasteiger partial charge is 0.252 e. The number of thioether (sulfide) groups is 1. The van der Waals surface area contributed by atoms with Crippen LogP contribution in [0.15, 0.2) is 43.0 Å². The lowest BCUT2D eigenvalue weighted by Gasteiger charge is -2.30. The Morgan fingerprint density at radius 1 is 1.36 bits per heavy atom. The average molecular weight is 317 g/mol. The molecule has 0 radical (unpaired) electrons. The van der Waals surface area contributed by atoms with Crippen molar-refractivity contribution in [3.8, 4) is 5.69 Å². The molecule has 2 N–H and O–H groups in total. The lowest BCUT2D eigenvalue weighted by molar-refractivity contribution is -0.140. The zero-order valence-electron chi connectivity index (χ0n) is 12.2. The van der Waals surface area contributed by atoms with E-state index < -0.39 is 5.60 Å². The van der Waals surface area contributed by atoms with E-state index in [4.69, 9.17) is 0 Å². The minimum Gasteiger partial charge on any atom is -0.380 e. The molecule has 2 heterocycles. The highest BCUT2D eigenvalue weighted by atomic mass is 32.2. The van der Waals surface area contributed by atoms with Crippen molar-refractivity contribution in [3.63, 3.8) is 0 Å². The molecule has 2 aromatic rings. The molecule has 1 aromatic heterocycles. The van der Waals surface area contributed by atoms with Gasteiger partial charge in [-0.1, -0.05) is 18.2 Å². The summed E-state index contributed by atoms with van der Waals surface area (Å²) in [6.07, 6.45) is 6.36. The molecular formula is C16H19N3O2S. The lowest BCUT2D eigenvalue weighted by atomic mass is 9.95. The first-order valence-corrected chi connectivity index (χ1v) is 8.49. The maximum Gasteiger partial charge on any atom is 0.252 e. The Bertz CT molecular complexity index is 637. The Morgan fingerprint density at radius 3 is 2.86 bits per heavy atom. The molecule has 5 nitrogen and oxygen atoms in total. The normalized spacial score (nSPS) is 17.1. The molecule has 1 aliphatic heterocycles. The van der Waals surface area contributed by atoms with Gasteiger partial charge in [0.2, 0.25) is 0 Å². The van der Waals surface area contributed by atoms with E-state index in [0.717, 1.165) is 22.8 Å². The fourth-order valence-electron chi connectivity index (χ4n) is 2.59. The van der Waals surface area contributed by atoms with Crippen molar-refractivity contribution in [2.24, 2.45) is 0 Å². The topological polar surface area (TPSA) is 67.2 Å². The first-order chi connectivity index (χ1) is 10.7. The number of hydrogen-bond acceptors (Lipinski definition) is 4. The maximum atomic E-state index is 12.3. The molecule has 22 heavy (non-hydrogen) atoms. The summed E-state index contributed by atoms with van der Waals surface area (Å²) >= 11 is 1.78. The zero-order valence-corrected chi connectivity index (χ0v) is 13.1. The second-order valence-corrected chi connectivity index (χ2v) is 6.65. The number of nitrogens with one attached hydrogen (secondary N) is 1.